The van der Waals surface area contributed by atoms with Crippen LogP contribution in [0.2, 0.25) is 0 Å². The van der Waals surface area contributed by atoms with Gasteiger partial charge in [-0.1, -0.05) is 11.8 Å². The van der Waals surface area contributed by atoms with Gasteiger partial charge in [0.1, 0.15) is 5.82 Å². The molecule has 0 spiro atoms. The summed E-state index contributed by atoms with van der Waals surface area (Å²) < 4.78 is 40.6. The quantitative estimate of drug-likeness (QED) is 0.775. The SMILES string of the molecule is COc1cnc(C(=O)Nc2ccc(F)c([C@]34COC[C@@]3(F)CSC(N)=N4)c2)nc1. The van der Waals surface area contributed by atoms with E-state index in [1.807, 2.05) is 0 Å². The summed E-state index contributed by atoms with van der Waals surface area (Å²) >= 11 is 1.06. The number of nitrogens with two attached hydrogens (primary N) is 1. The molecule has 0 unspecified atom stereocenters. The highest BCUT2D eigenvalue weighted by molar-refractivity contribution is 8.13. The van der Waals surface area contributed by atoms with Gasteiger partial charge in [0.05, 0.1) is 32.7 Å². The van der Waals surface area contributed by atoms with Gasteiger partial charge in [0.25, 0.3) is 5.91 Å². The monoisotopic (exact) mass is 421 g/mol. The number of carbonyl (C=O) groups excluding carboxylic acids is 1. The molecule has 0 radical (unpaired) electrons. The maximum Gasteiger partial charge on any atom is 0.293 e. The van der Waals surface area contributed by atoms with Crippen molar-refractivity contribution in [3.05, 3.63) is 47.8 Å². The second-order valence-corrected chi connectivity index (χ2v) is 7.65. The number of benzene rings is 1. The van der Waals surface area contributed by atoms with Crippen LogP contribution in [0, 0.1) is 5.82 Å². The van der Waals surface area contributed by atoms with E-state index in [1.54, 1.807) is 0 Å². The largest absolute Gasteiger partial charge is 0.494 e. The van der Waals surface area contributed by atoms with E-state index >= 15 is 4.39 Å². The van der Waals surface area contributed by atoms with Crippen molar-refractivity contribution < 1.29 is 23.0 Å². The van der Waals surface area contributed by atoms with Crippen LogP contribution in [-0.4, -0.2) is 52.8 Å². The lowest BCUT2D eigenvalue weighted by Crippen LogP contribution is -2.52. The van der Waals surface area contributed by atoms with Crippen LogP contribution in [0.1, 0.15) is 16.2 Å². The van der Waals surface area contributed by atoms with Crippen molar-refractivity contribution in [1.82, 2.24) is 9.97 Å². The van der Waals surface area contributed by atoms with Crippen molar-refractivity contribution in [2.45, 2.75) is 11.2 Å². The first-order valence-electron chi connectivity index (χ1n) is 8.59. The van der Waals surface area contributed by atoms with Gasteiger partial charge < -0.3 is 20.5 Å². The number of ether oxygens (including phenoxy) is 2. The van der Waals surface area contributed by atoms with Gasteiger partial charge in [-0.05, 0) is 18.2 Å². The fourth-order valence-electron chi connectivity index (χ4n) is 3.34. The fourth-order valence-corrected chi connectivity index (χ4v) is 4.26. The summed E-state index contributed by atoms with van der Waals surface area (Å²) in [6, 6.07) is 3.84. The number of alkyl halides is 1. The van der Waals surface area contributed by atoms with Gasteiger partial charge in [0.15, 0.2) is 22.1 Å². The predicted molar refractivity (Wildman–Crippen MR) is 103 cm³/mol. The number of nitrogens with zero attached hydrogens (tertiary/aromatic N) is 3. The number of aliphatic imine (C=N–C) groups is 1. The molecule has 1 aromatic carbocycles. The molecule has 2 atom stereocenters. The highest BCUT2D eigenvalue weighted by Crippen LogP contribution is 2.50. The zero-order valence-electron chi connectivity index (χ0n) is 15.3. The van der Waals surface area contributed by atoms with Crippen molar-refractivity contribution in [2.24, 2.45) is 10.7 Å². The molecule has 152 valence electrons. The molecule has 1 amide bonds. The number of thioether (sulfide) groups is 1. The molecule has 8 nitrogen and oxygen atoms in total. The van der Waals surface area contributed by atoms with Crippen LogP contribution < -0.4 is 15.8 Å². The van der Waals surface area contributed by atoms with E-state index in [1.165, 1.54) is 31.6 Å². The summed E-state index contributed by atoms with van der Waals surface area (Å²) in [4.78, 5) is 24.5. The average Bonchev–Trinajstić information content (AvgIpc) is 3.06. The van der Waals surface area contributed by atoms with Gasteiger partial charge in [-0.3, -0.25) is 4.79 Å². The van der Waals surface area contributed by atoms with Crippen molar-refractivity contribution in [1.29, 1.82) is 0 Å². The molecular weight excluding hydrogens is 404 g/mol. The van der Waals surface area contributed by atoms with Crippen LogP contribution in [0.25, 0.3) is 0 Å². The van der Waals surface area contributed by atoms with E-state index in [4.69, 9.17) is 15.2 Å². The maximum absolute atomic E-state index is 15.6. The zero-order chi connectivity index (χ0) is 20.6. The molecule has 0 bridgehead atoms. The number of rotatable bonds is 4. The third-order valence-corrected chi connectivity index (χ3v) is 5.86. The molecule has 29 heavy (non-hydrogen) atoms. The summed E-state index contributed by atoms with van der Waals surface area (Å²) in [6.07, 6.45) is 2.70. The van der Waals surface area contributed by atoms with Gasteiger partial charge >= 0.3 is 0 Å². The van der Waals surface area contributed by atoms with Gasteiger partial charge in [0, 0.05) is 17.0 Å². The third-order valence-electron chi connectivity index (χ3n) is 4.87. The molecule has 2 aliphatic heterocycles. The molecule has 2 aliphatic rings. The van der Waals surface area contributed by atoms with Crippen LogP contribution >= 0.6 is 11.8 Å². The number of halogens is 2. The number of methoxy groups -OCH3 is 1. The van der Waals surface area contributed by atoms with Crippen molar-refractivity contribution >= 4 is 28.5 Å². The number of aromatic nitrogens is 2. The van der Waals surface area contributed by atoms with Gasteiger partial charge in [-0.25, -0.2) is 23.7 Å². The normalized spacial score (nSPS) is 25.8. The lowest BCUT2D eigenvalue weighted by atomic mass is 9.79. The lowest BCUT2D eigenvalue weighted by Gasteiger charge is -2.38. The highest BCUT2D eigenvalue weighted by atomic mass is 32.2. The molecule has 1 saturated heterocycles. The number of hydrogen-bond acceptors (Lipinski definition) is 8. The number of anilines is 1. The number of amides is 1. The Morgan fingerprint density at radius 3 is 2.83 bits per heavy atom. The standard InChI is InChI=1S/C18H17F2N5O3S/c1-27-11-5-22-14(23-6-11)15(26)24-10-2-3-13(19)12(4-10)18-8-28-7-17(18,20)9-29-16(21)25-18/h2-6H,7-9H2,1H3,(H2,21,25)(H,24,26)/t17-,18-/m1/s1. The molecule has 3 heterocycles. The molecule has 0 aliphatic carbocycles. The molecule has 4 rings (SSSR count). The first-order chi connectivity index (χ1) is 13.9. The van der Waals surface area contributed by atoms with E-state index in [-0.39, 0.29) is 41.2 Å². The minimum Gasteiger partial charge on any atom is -0.494 e. The first-order valence-corrected chi connectivity index (χ1v) is 9.58. The third kappa shape index (κ3) is 3.29. The van der Waals surface area contributed by atoms with E-state index in [2.05, 4.69) is 20.3 Å². The Labute approximate surface area is 168 Å². The Morgan fingerprint density at radius 2 is 2.10 bits per heavy atom. The summed E-state index contributed by atoms with van der Waals surface area (Å²) in [7, 11) is 1.45. The molecule has 0 saturated carbocycles. The zero-order valence-corrected chi connectivity index (χ0v) is 16.1. The van der Waals surface area contributed by atoms with E-state index < -0.39 is 22.9 Å². The van der Waals surface area contributed by atoms with Crippen molar-refractivity contribution in [3.63, 3.8) is 0 Å². The minimum atomic E-state index is -1.91. The molecule has 2 aromatic rings. The molecule has 11 heteroatoms. The van der Waals surface area contributed by atoms with E-state index in [9.17, 15) is 9.18 Å². The van der Waals surface area contributed by atoms with E-state index in [0.717, 1.165) is 17.8 Å². The maximum atomic E-state index is 15.6. The topological polar surface area (TPSA) is 112 Å². The van der Waals surface area contributed by atoms with Crippen LogP contribution in [0.15, 0.2) is 35.6 Å². The highest BCUT2D eigenvalue weighted by Gasteiger charge is 2.61. The number of nitrogens with one attached hydrogen (secondary N) is 1. The molecule has 3 N–H and O–H groups in total. The second kappa shape index (κ2) is 7.23. The second-order valence-electron chi connectivity index (χ2n) is 6.65. The van der Waals surface area contributed by atoms with Crippen LogP contribution in [0.4, 0.5) is 14.5 Å². The summed E-state index contributed by atoms with van der Waals surface area (Å²) in [6.45, 7) is -0.368. The Balaban J connectivity index is 1.67. The smallest absolute Gasteiger partial charge is 0.293 e. The average molecular weight is 421 g/mol. The van der Waals surface area contributed by atoms with Gasteiger partial charge in [0.2, 0.25) is 5.82 Å². The molecule has 1 aromatic heterocycles. The summed E-state index contributed by atoms with van der Waals surface area (Å²) in [5.74, 6) is -0.984. The summed E-state index contributed by atoms with van der Waals surface area (Å²) in [5.41, 5.74) is 2.50. The van der Waals surface area contributed by atoms with Crippen LogP contribution in [-0.2, 0) is 10.3 Å². The van der Waals surface area contributed by atoms with Gasteiger partial charge in [-0.2, -0.15) is 0 Å². The van der Waals surface area contributed by atoms with E-state index in [0.29, 0.717) is 5.75 Å². The predicted octanol–water partition coefficient (Wildman–Crippen LogP) is 1.87. The molecular formula is C18H17F2N5O3S. The van der Waals surface area contributed by atoms with Crippen LogP contribution in [0.5, 0.6) is 5.75 Å². The Kier molecular flexibility index (Phi) is 4.87. The lowest BCUT2D eigenvalue weighted by molar-refractivity contribution is 0.101. The Hall–Kier alpha value is -2.79. The van der Waals surface area contributed by atoms with Crippen molar-refractivity contribution in [2.75, 3.05) is 31.4 Å². The number of fused-ring (bicyclic) bond motifs is 1. The first kappa shape index (κ1) is 19.5. The Bertz CT molecular complexity index is 990. The number of amidine groups is 1. The van der Waals surface area contributed by atoms with Gasteiger partial charge in [-0.15, -0.1) is 0 Å². The number of hydrogen-bond donors (Lipinski definition) is 2. The minimum absolute atomic E-state index is 0.00194. The number of carbonyl (C=O) groups is 1. The van der Waals surface area contributed by atoms with Crippen molar-refractivity contribution in [3.8, 4) is 5.75 Å². The Morgan fingerprint density at radius 1 is 1.34 bits per heavy atom. The molecule has 1 fully saturated rings. The van der Waals surface area contributed by atoms with Crippen LogP contribution in [0.3, 0.4) is 0 Å². The fraction of sp³-hybridized carbons (Fsp3) is 0.333. The summed E-state index contributed by atoms with van der Waals surface area (Å²) in [5, 5.41) is 2.74.